The van der Waals surface area contributed by atoms with E-state index in [2.05, 4.69) is 55.3 Å². The van der Waals surface area contributed by atoms with E-state index in [1.807, 2.05) is 0 Å². The van der Waals surface area contributed by atoms with Crippen molar-refractivity contribution in [1.29, 1.82) is 0 Å². The lowest BCUT2D eigenvalue weighted by molar-refractivity contribution is -0.120. The number of nitrogens with zero attached hydrogens (tertiary/aromatic N) is 1. The maximum atomic E-state index is 11.3. The molecular formula is C17H29Cl2N3O. The third-order valence-electron chi connectivity index (χ3n) is 4.14. The second kappa shape index (κ2) is 9.36. The Hall–Kier alpha value is -0.970. The summed E-state index contributed by atoms with van der Waals surface area (Å²) in [6.07, 6.45) is 1.96. The van der Waals surface area contributed by atoms with Crippen molar-refractivity contribution in [2.45, 2.75) is 45.1 Å². The van der Waals surface area contributed by atoms with Crippen LogP contribution in [-0.4, -0.2) is 31.6 Å². The SMILES string of the molecule is CC(C)(C)c1ccc(N2CCC(NC(=O)CN)CC2)cc1.Cl.Cl. The Bertz CT molecular complexity index is 478. The van der Waals surface area contributed by atoms with Crippen molar-refractivity contribution in [2.75, 3.05) is 24.5 Å². The standard InChI is InChI=1S/C17H27N3O.2ClH/c1-17(2,3)13-4-6-15(7-5-13)20-10-8-14(9-11-20)19-16(21)12-18;;/h4-7,14H,8-12,18H2,1-3H3,(H,19,21);2*1H. The first-order valence-corrected chi connectivity index (χ1v) is 7.75. The number of hydrogen-bond acceptors (Lipinski definition) is 3. The molecule has 1 heterocycles. The minimum Gasteiger partial charge on any atom is -0.371 e. The first-order valence-electron chi connectivity index (χ1n) is 7.75. The van der Waals surface area contributed by atoms with E-state index in [0.717, 1.165) is 25.9 Å². The van der Waals surface area contributed by atoms with Gasteiger partial charge in [0.2, 0.25) is 5.91 Å². The van der Waals surface area contributed by atoms with Gasteiger partial charge in [-0.3, -0.25) is 4.79 Å². The molecule has 23 heavy (non-hydrogen) atoms. The summed E-state index contributed by atoms with van der Waals surface area (Å²) in [6.45, 7) is 8.72. The molecule has 4 nitrogen and oxygen atoms in total. The van der Waals surface area contributed by atoms with Crippen molar-refractivity contribution in [1.82, 2.24) is 5.32 Å². The highest BCUT2D eigenvalue weighted by atomic mass is 35.5. The van der Waals surface area contributed by atoms with Crippen LogP contribution in [0.1, 0.15) is 39.2 Å². The molecule has 2 rings (SSSR count). The molecule has 0 aromatic heterocycles. The highest BCUT2D eigenvalue weighted by Crippen LogP contribution is 2.26. The third-order valence-corrected chi connectivity index (χ3v) is 4.14. The van der Waals surface area contributed by atoms with Crippen LogP contribution in [0.15, 0.2) is 24.3 Å². The normalized spacial score (nSPS) is 15.4. The summed E-state index contributed by atoms with van der Waals surface area (Å²) in [5.41, 5.74) is 8.15. The number of rotatable bonds is 3. The fourth-order valence-electron chi connectivity index (χ4n) is 2.74. The Balaban J connectivity index is 0.00000242. The number of hydrogen-bond donors (Lipinski definition) is 2. The Morgan fingerprint density at radius 2 is 1.70 bits per heavy atom. The monoisotopic (exact) mass is 361 g/mol. The van der Waals surface area contributed by atoms with Gasteiger partial charge in [0.15, 0.2) is 0 Å². The topological polar surface area (TPSA) is 58.4 Å². The molecule has 0 aliphatic carbocycles. The van der Waals surface area contributed by atoms with Crippen molar-refractivity contribution < 1.29 is 4.79 Å². The summed E-state index contributed by atoms with van der Waals surface area (Å²) in [5, 5.41) is 2.98. The zero-order valence-electron chi connectivity index (χ0n) is 14.2. The van der Waals surface area contributed by atoms with Crippen LogP contribution in [0.2, 0.25) is 0 Å². The minimum atomic E-state index is -0.0528. The van der Waals surface area contributed by atoms with Gasteiger partial charge < -0.3 is 16.0 Å². The van der Waals surface area contributed by atoms with Gasteiger partial charge in [0, 0.05) is 24.8 Å². The van der Waals surface area contributed by atoms with E-state index in [0.29, 0.717) is 0 Å². The molecule has 1 aliphatic rings. The van der Waals surface area contributed by atoms with Crippen molar-refractivity contribution in [2.24, 2.45) is 5.73 Å². The molecule has 0 saturated carbocycles. The third kappa shape index (κ3) is 6.21. The lowest BCUT2D eigenvalue weighted by atomic mass is 9.87. The summed E-state index contributed by atoms with van der Waals surface area (Å²) >= 11 is 0. The molecule has 0 bridgehead atoms. The Morgan fingerprint density at radius 1 is 1.17 bits per heavy atom. The molecule has 0 spiro atoms. The smallest absolute Gasteiger partial charge is 0.233 e. The van der Waals surface area contributed by atoms with Gasteiger partial charge in [-0.05, 0) is 36.0 Å². The van der Waals surface area contributed by atoms with Gasteiger partial charge in [-0.15, -0.1) is 24.8 Å². The molecule has 6 heteroatoms. The molecule has 0 unspecified atom stereocenters. The van der Waals surface area contributed by atoms with Gasteiger partial charge in [0.25, 0.3) is 0 Å². The summed E-state index contributed by atoms with van der Waals surface area (Å²) < 4.78 is 0. The van der Waals surface area contributed by atoms with Crippen LogP contribution in [0.25, 0.3) is 0 Å². The Morgan fingerprint density at radius 3 is 2.13 bits per heavy atom. The van der Waals surface area contributed by atoms with Crippen LogP contribution in [0.3, 0.4) is 0 Å². The minimum absolute atomic E-state index is 0. The number of nitrogens with one attached hydrogen (secondary N) is 1. The fourth-order valence-corrected chi connectivity index (χ4v) is 2.74. The van der Waals surface area contributed by atoms with Crippen molar-refractivity contribution >= 4 is 36.4 Å². The van der Waals surface area contributed by atoms with Crippen LogP contribution >= 0.6 is 24.8 Å². The van der Waals surface area contributed by atoms with E-state index >= 15 is 0 Å². The van der Waals surface area contributed by atoms with E-state index in [9.17, 15) is 4.79 Å². The molecule has 3 N–H and O–H groups in total. The van der Waals surface area contributed by atoms with Gasteiger partial charge in [0.05, 0.1) is 6.54 Å². The van der Waals surface area contributed by atoms with Gasteiger partial charge in [-0.25, -0.2) is 0 Å². The molecule has 1 amide bonds. The molecule has 1 saturated heterocycles. The molecule has 1 aliphatic heterocycles. The lowest BCUT2D eigenvalue weighted by Gasteiger charge is -2.34. The second-order valence-electron chi connectivity index (χ2n) is 6.83. The van der Waals surface area contributed by atoms with Gasteiger partial charge in [-0.1, -0.05) is 32.9 Å². The van der Waals surface area contributed by atoms with Crippen molar-refractivity contribution in [3.8, 4) is 0 Å². The quantitative estimate of drug-likeness (QED) is 0.869. The summed E-state index contributed by atoms with van der Waals surface area (Å²) in [6, 6.07) is 9.12. The molecule has 1 fully saturated rings. The molecule has 132 valence electrons. The number of carbonyl (C=O) groups is 1. The Labute approximate surface area is 152 Å². The average molecular weight is 362 g/mol. The summed E-state index contributed by atoms with van der Waals surface area (Å²) in [4.78, 5) is 13.7. The number of halogens is 2. The molecule has 1 aromatic carbocycles. The number of benzene rings is 1. The molecule has 1 aromatic rings. The predicted octanol–water partition coefficient (Wildman–Crippen LogP) is 2.87. The molecule has 0 radical (unpaired) electrons. The van der Waals surface area contributed by atoms with E-state index in [4.69, 9.17) is 5.73 Å². The van der Waals surface area contributed by atoms with Crippen molar-refractivity contribution in [3.63, 3.8) is 0 Å². The van der Waals surface area contributed by atoms with E-state index in [-0.39, 0.29) is 48.7 Å². The van der Waals surface area contributed by atoms with Gasteiger partial charge in [0.1, 0.15) is 0 Å². The summed E-state index contributed by atoms with van der Waals surface area (Å²) in [5.74, 6) is -0.0528. The zero-order chi connectivity index (χ0) is 15.5. The zero-order valence-corrected chi connectivity index (χ0v) is 15.8. The highest BCUT2D eigenvalue weighted by molar-refractivity contribution is 5.85. The maximum absolute atomic E-state index is 11.3. The van der Waals surface area contributed by atoms with E-state index < -0.39 is 0 Å². The number of piperidine rings is 1. The molecular weight excluding hydrogens is 333 g/mol. The highest BCUT2D eigenvalue weighted by Gasteiger charge is 2.21. The lowest BCUT2D eigenvalue weighted by Crippen LogP contribution is -2.46. The average Bonchev–Trinajstić information content (AvgIpc) is 2.47. The Kier molecular flexibility index (Phi) is 8.96. The first-order chi connectivity index (χ1) is 9.90. The number of nitrogens with two attached hydrogens (primary N) is 1. The predicted molar refractivity (Wildman–Crippen MR) is 102 cm³/mol. The number of amides is 1. The maximum Gasteiger partial charge on any atom is 0.233 e. The number of anilines is 1. The molecule has 0 atom stereocenters. The van der Waals surface area contributed by atoms with Crippen LogP contribution in [-0.2, 0) is 10.2 Å². The van der Waals surface area contributed by atoms with E-state index in [1.54, 1.807) is 0 Å². The van der Waals surface area contributed by atoms with Gasteiger partial charge >= 0.3 is 0 Å². The van der Waals surface area contributed by atoms with Crippen molar-refractivity contribution in [3.05, 3.63) is 29.8 Å². The van der Waals surface area contributed by atoms with Crippen LogP contribution in [0.5, 0.6) is 0 Å². The van der Waals surface area contributed by atoms with E-state index in [1.165, 1.54) is 11.3 Å². The largest absolute Gasteiger partial charge is 0.371 e. The van der Waals surface area contributed by atoms with Crippen LogP contribution < -0.4 is 16.0 Å². The second-order valence-corrected chi connectivity index (χ2v) is 6.83. The van der Waals surface area contributed by atoms with Gasteiger partial charge in [-0.2, -0.15) is 0 Å². The number of carbonyl (C=O) groups excluding carboxylic acids is 1. The fraction of sp³-hybridized carbons (Fsp3) is 0.588. The van der Waals surface area contributed by atoms with Crippen LogP contribution in [0, 0.1) is 0 Å². The first kappa shape index (κ1) is 22.0. The van der Waals surface area contributed by atoms with Crippen LogP contribution in [0.4, 0.5) is 5.69 Å². The summed E-state index contributed by atoms with van der Waals surface area (Å²) in [7, 11) is 0.